The Morgan fingerprint density at radius 3 is 3.12 bits per heavy atom. The van der Waals surface area contributed by atoms with E-state index in [1.807, 2.05) is 24.4 Å². The zero-order chi connectivity index (χ0) is 11.4. The number of thiophene rings is 1. The van der Waals surface area contributed by atoms with Crippen molar-refractivity contribution in [2.24, 2.45) is 0 Å². The second-order valence-electron chi connectivity index (χ2n) is 3.19. The molecule has 4 nitrogen and oxygen atoms in total. The number of nitrogens with zero attached hydrogens (tertiary/aromatic N) is 1. The Hall–Kier alpha value is -1.46. The fourth-order valence-electron chi connectivity index (χ4n) is 1.33. The quantitative estimate of drug-likeness (QED) is 0.883. The minimum Gasteiger partial charge on any atom is -0.374 e. The molecule has 1 N–H and O–H groups in total. The number of aromatic amines is 1. The Morgan fingerprint density at radius 2 is 2.44 bits per heavy atom. The van der Waals surface area contributed by atoms with Crippen LogP contribution in [0.15, 0.2) is 28.4 Å². The summed E-state index contributed by atoms with van der Waals surface area (Å²) in [7, 11) is 0. The molecule has 5 heteroatoms. The second kappa shape index (κ2) is 5.05. The van der Waals surface area contributed by atoms with Gasteiger partial charge in [0.1, 0.15) is 12.4 Å². The fourth-order valence-corrected chi connectivity index (χ4v) is 2.01. The van der Waals surface area contributed by atoms with Crippen molar-refractivity contribution >= 4 is 11.3 Å². The van der Waals surface area contributed by atoms with Crippen molar-refractivity contribution in [3.05, 3.63) is 39.8 Å². The van der Waals surface area contributed by atoms with E-state index in [-0.39, 0.29) is 5.56 Å². The van der Waals surface area contributed by atoms with Crippen LogP contribution in [0.4, 0.5) is 0 Å². The van der Waals surface area contributed by atoms with Crippen LogP contribution in [-0.4, -0.2) is 16.6 Å². The average Bonchev–Trinajstić information content (AvgIpc) is 2.79. The Morgan fingerprint density at radius 1 is 1.56 bits per heavy atom. The van der Waals surface area contributed by atoms with Gasteiger partial charge in [-0.3, -0.25) is 4.79 Å². The van der Waals surface area contributed by atoms with Crippen molar-refractivity contribution in [1.82, 2.24) is 9.97 Å². The van der Waals surface area contributed by atoms with Crippen molar-refractivity contribution in [2.45, 2.75) is 13.5 Å². The van der Waals surface area contributed by atoms with Crippen LogP contribution in [-0.2, 0) is 11.3 Å². The molecule has 0 fully saturated rings. The molecular formula is C11H12N2O2S. The first-order valence-corrected chi connectivity index (χ1v) is 5.89. The lowest BCUT2D eigenvalue weighted by atomic mass is 10.3. The maximum atomic E-state index is 11.4. The van der Waals surface area contributed by atoms with Gasteiger partial charge in [0.15, 0.2) is 0 Å². The third kappa shape index (κ3) is 2.56. The van der Waals surface area contributed by atoms with Crippen LogP contribution in [0.1, 0.15) is 12.7 Å². The maximum absolute atomic E-state index is 11.4. The number of ether oxygens (including phenoxy) is 1. The minimum atomic E-state index is -0.145. The first kappa shape index (κ1) is 11.0. The van der Waals surface area contributed by atoms with Crippen LogP contribution >= 0.6 is 11.3 Å². The van der Waals surface area contributed by atoms with E-state index in [0.717, 1.165) is 4.88 Å². The lowest BCUT2D eigenvalue weighted by Gasteiger charge is -2.02. The third-order valence-corrected chi connectivity index (χ3v) is 2.90. The molecule has 0 aromatic carbocycles. The number of nitrogens with one attached hydrogen (secondary N) is 1. The van der Waals surface area contributed by atoms with E-state index in [2.05, 4.69) is 9.97 Å². The highest BCUT2D eigenvalue weighted by molar-refractivity contribution is 7.13. The van der Waals surface area contributed by atoms with Crippen LogP contribution in [0.2, 0.25) is 0 Å². The lowest BCUT2D eigenvalue weighted by molar-refractivity contribution is 0.128. The standard InChI is InChI=1S/C11H12N2O2S/c1-2-15-7-10-12-8(6-11(14)13-10)9-4-3-5-16-9/h3-6H,2,7H2,1H3,(H,12,13,14). The Balaban J connectivity index is 2.33. The highest BCUT2D eigenvalue weighted by atomic mass is 32.1. The molecule has 0 atom stereocenters. The monoisotopic (exact) mass is 236 g/mol. The summed E-state index contributed by atoms with van der Waals surface area (Å²) in [6.45, 7) is 2.85. The van der Waals surface area contributed by atoms with Gasteiger partial charge in [-0.05, 0) is 18.4 Å². The van der Waals surface area contributed by atoms with Crippen molar-refractivity contribution in [1.29, 1.82) is 0 Å². The molecule has 0 saturated heterocycles. The van der Waals surface area contributed by atoms with E-state index in [1.54, 1.807) is 11.3 Å². The molecule has 0 aliphatic heterocycles. The predicted octanol–water partition coefficient (Wildman–Crippen LogP) is 2.03. The van der Waals surface area contributed by atoms with Crippen LogP contribution in [0, 0.1) is 0 Å². The zero-order valence-corrected chi connectivity index (χ0v) is 9.71. The van der Waals surface area contributed by atoms with Crippen molar-refractivity contribution in [3.8, 4) is 10.6 Å². The first-order valence-electron chi connectivity index (χ1n) is 5.01. The summed E-state index contributed by atoms with van der Waals surface area (Å²) in [6, 6.07) is 5.38. The molecule has 0 aliphatic rings. The van der Waals surface area contributed by atoms with E-state index < -0.39 is 0 Å². The number of hydrogen-bond donors (Lipinski definition) is 1. The van der Waals surface area contributed by atoms with Gasteiger partial charge in [0.25, 0.3) is 5.56 Å². The summed E-state index contributed by atoms with van der Waals surface area (Å²) in [6.07, 6.45) is 0. The molecule has 2 heterocycles. The molecule has 2 aromatic heterocycles. The van der Waals surface area contributed by atoms with E-state index in [0.29, 0.717) is 24.7 Å². The van der Waals surface area contributed by atoms with E-state index in [1.165, 1.54) is 6.07 Å². The highest BCUT2D eigenvalue weighted by Crippen LogP contribution is 2.21. The summed E-state index contributed by atoms with van der Waals surface area (Å²) >= 11 is 1.56. The number of H-pyrrole nitrogens is 1. The topological polar surface area (TPSA) is 55.0 Å². The van der Waals surface area contributed by atoms with Gasteiger partial charge in [-0.25, -0.2) is 4.98 Å². The number of rotatable bonds is 4. The summed E-state index contributed by atoms with van der Waals surface area (Å²) in [5.74, 6) is 0.567. The molecule has 0 unspecified atom stereocenters. The van der Waals surface area contributed by atoms with Crippen molar-refractivity contribution < 1.29 is 4.74 Å². The van der Waals surface area contributed by atoms with Crippen LogP contribution in [0.3, 0.4) is 0 Å². The van der Waals surface area contributed by atoms with Crippen LogP contribution in [0.5, 0.6) is 0 Å². The maximum Gasteiger partial charge on any atom is 0.251 e. The minimum absolute atomic E-state index is 0.145. The predicted molar refractivity (Wildman–Crippen MR) is 63.5 cm³/mol. The van der Waals surface area contributed by atoms with Gasteiger partial charge in [-0.15, -0.1) is 11.3 Å². The molecule has 84 valence electrons. The van der Waals surface area contributed by atoms with E-state index in [4.69, 9.17) is 4.74 Å². The summed E-state index contributed by atoms with van der Waals surface area (Å²) in [5.41, 5.74) is 0.557. The van der Waals surface area contributed by atoms with Crippen LogP contribution < -0.4 is 5.56 Å². The van der Waals surface area contributed by atoms with Gasteiger partial charge < -0.3 is 9.72 Å². The normalized spacial score (nSPS) is 10.6. The molecule has 0 amide bonds. The number of hydrogen-bond acceptors (Lipinski definition) is 4. The van der Waals surface area contributed by atoms with E-state index >= 15 is 0 Å². The average molecular weight is 236 g/mol. The first-order chi connectivity index (χ1) is 7.79. The van der Waals surface area contributed by atoms with Gasteiger partial charge in [-0.2, -0.15) is 0 Å². The Bertz CT molecular complexity index is 505. The zero-order valence-electron chi connectivity index (χ0n) is 8.90. The van der Waals surface area contributed by atoms with Crippen LogP contribution in [0.25, 0.3) is 10.6 Å². The molecule has 0 radical (unpaired) electrons. The summed E-state index contributed by atoms with van der Waals surface area (Å²) in [4.78, 5) is 19.4. The molecular weight excluding hydrogens is 224 g/mol. The third-order valence-electron chi connectivity index (χ3n) is 2.01. The van der Waals surface area contributed by atoms with Gasteiger partial charge in [0, 0.05) is 12.7 Å². The molecule has 2 rings (SSSR count). The van der Waals surface area contributed by atoms with Gasteiger partial charge in [0.2, 0.25) is 0 Å². The molecule has 0 saturated carbocycles. The smallest absolute Gasteiger partial charge is 0.251 e. The lowest BCUT2D eigenvalue weighted by Crippen LogP contribution is -2.11. The molecule has 0 bridgehead atoms. The molecule has 2 aromatic rings. The molecule has 0 spiro atoms. The van der Waals surface area contributed by atoms with Gasteiger partial charge in [0.05, 0.1) is 10.6 Å². The SMILES string of the molecule is CCOCc1nc(-c2cccs2)cc(=O)[nH]1. The summed E-state index contributed by atoms with van der Waals surface area (Å²) < 4.78 is 5.22. The second-order valence-corrected chi connectivity index (χ2v) is 4.14. The largest absolute Gasteiger partial charge is 0.374 e. The fraction of sp³-hybridized carbons (Fsp3) is 0.273. The van der Waals surface area contributed by atoms with E-state index in [9.17, 15) is 4.79 Å². The highest BCUT2D eigenvalue weighted by Gasteiger charge is 2.04. The Kier molecular flexibility index (Phi) is 3.48. The van der Waals surface area contributed by atoms with Gasteiger partial charge in [-0.1, -0.05) is 6.07 Å². The van der Waals surface area contributed by atoms with Crippen molar-refractivity contribution in [3.63, 3.8) is 0 Å². The van der Waals surface area contributed by atoms with Crippen molar-refractivity contribution in [2.75, 3.05) is 6.61 Å². The van der Waals surface area contributed by atoms with Gasteiger partial charge >= 0.3 is 0 Å². The molecule has 0 aliphatic carbocycles. The Labute approximate surface area is 96.9 Å². The number of aromatic nitrogens is 2. The summed E-state index contributed by atoms with van der Waals surface area (Å²) in [5, 5.41) is 1.96. The molecule has 16 heavy (non-hydrogen) atoms.